The smallest absolute Gasteiger partial charge is 0.262 e. The van der Waals surface area contributed by atoms with Crippen LogP contribution in [0.2, 0.25) is 5.02 Å². The van der Waals surface area contributed by atoms with Crippen LogP contribution in [0.1, 0.15) is 29.8 Å². The molecule has 2 N–H and O–H groups in total. The minimum Gasteiger partial charge on any atom is -0.493 e. The first-order valence-corrected chi connectivity index (χ1v) is 11.2. The standard InChI is InChI=1S/C23H25ClIN3O4/c1-5-10-32-21-18(25)11-15(12-19(21)31-4)13-26-28-23(30)20(14(2)3)27-22(29)16-8-6-7-9-17(16)24/h5-9,11-14,20H,1,10H2,2-4H3,(H,27,29)(H,28,30). The van der Waals surface area contributed by atoms with Gasteiger partial charge in [0.05, 0.1) is 27.5 Å². The van der Waals surface area contributed by atoms with Gasteiger partial charge in [0.2, 0.25) is 0 Å². The van der Waals surface area contributed by atoms with E-state index in [0.29, 0.717) is 34.3 Å². The van der Waals surface area contributed by atoms with Gasteiger partial charge in [0, 0.05) is 0 Å². The third-order valence-electron chi connectivity index (χ3n) is 4.34. The van der Waals surface area contributed by atoms with Gasteiger partial charge in [0.1, 0.15) is 12.6 Å². The molecule has 2 amide bonds. The summed E-state index contributed by atoms with van der Waals surface area (Å²) in [5, 5.41) is 7.07. The van der Waals surface area contributed by atoms with Gasteiger partial charge in [-0.25, -0.2) is 5.43 Å². The molecule has 2 aromatic carbocycles. The van der Waals surface area contributed by atoms with Crippen molar-refractivity contribution in [3.63, 3.8) is 0 Å². The Morgan fingerprint density at radius 3 is 2.62 bits per heavy atom. The molecular weight excluding hydrogens is 545 g/mol. The zero-order valence-electron chi connectivity index (χ0n) is 18.0. The summed E-state index contributed by atoms with van der Waals surface area (Å²) in [6, 6.07) is 9.45. The average Bonchev–Trinajstić information content (AvgIpc) is 2.76. The molecule has 0 aromatic heterocycles. The molecule has 0 saturated heterocycles. The predicted octanol–water partition coefficient (Wildman–Crippen LogP) is 4.42. The lowest BCUT2D eigenvalue weighted by Gasteiger charge is -2.20. The highest BCUT2D eigenvalue weighted by Crippen LogP contribution is 2.33. The van der Waals surface area contributed by atoms with E-state index < -0.39 is 17.9 Å². The molecule has 2 aromatic rings. The number of carbonyl (C=O) groups is 2. The Morgan fingerprint density at radius 1 is 1.28 bits per heavy atom. The number of amides is 2. The lowest BCUT2D eigenvalue weighted by Crippen LogP contribution is -2.48. The quantitative estimate of drug-likeness (QED) is 0.192. The number of hydrogen-bond acceptors (Lipinski definition) is 5. The van der Waals surface area contributed by atoms with E-state index in [4.69, 9.17) is 21.1 Å². The Hall–Kier alpha value is -2.59. The van der Waals surface area contributed by atoms with E-state index in [2.05, 4.69) is 45.0 Å². The van der Waals surface area contributed by atoms with Crippen LogP contribution in [0.15, 0.2) is 54.2 Å². The highest BCUT2D eigenvalue weighted by molar-refractivity contribution is 14.1. The highest BCUT2D eigenvalue weighted by atomic mass is 127. The van der Waals surface area contributed by atoms with Crippen LogP contribution in [0.4, 0.5) is 0 Å². The van der Waals surface area contributed by atoms with E-state index in [1.165, 1.54) is 6.21 Å². The highest BCUT2D eigenvalue weighted by Gasteiger charge is 2.25. The molecule has 7 nitrogen and oxygen atoms in total. The summed E-state index contributed by atoms with van der Waals surface area (Å²) in [6.45, 7) is 7.65. The van der Waals surface area contributed by atoms with Gasteiger partial charge in [0.25, 0.3) is 11.8 Å². The number of nitrogens with one attached hydrogen (secondary N) is 2. The Kier molecular flexibility index (Phi) is 9.98. The molecule has 1 atom stereocenters. The summed E-state index contributed by atoms with van der Waals surface area (Å²) in [6.07, 6.45) is 3.14. The molecule has 1 unspecified atom stereocenters. The maximum absolute atomic E-state index is 12.7. The molecule has 2 rings (SSSR count). The molecule has 0 aliphatic rings. The molecule has 32 heavy (non-hydrogen) atoms. The number of ether oxygens (including phenoxy) is 2. The first kappa shape index (κ1) is 25.7. The van der Waals surface area contributed by atoms with Crippen molar-refractivity contribution in [3.05, 3.63) is 68.8 Å². The molecule has 0 heterocycles. The van der Waals surface area contributed by atoms with Crippen LogP contribution >= 0.6 is 34.2 Å². The molecule has 9 heteroatoms. The van der Waals surface area contributed by atoms with Crippen LogP contribution in [0.5, 0.6) is 11.5 Å². The summed E-state index contributed by atoms with van der Waals surface area (Å²) in [5.41, 5.74) is 3.49. The number of hydrazone groups is 1. The summed E-state index contributed by atoms with van der Waals surface area (Å²) in [7, 11) is 1.55. The van der Waals surface area contributed by atoms with Crippen LogP contribution in [0.25, 0.3) is 0 Å². The van der Waals surface area contributed by atoms with Gasteiger partial charge in [-0.3, -0.25) is 9.59 Å². The molecule has 0 spiro atoms. The summed E-state index contributed by atoms with van der Waals surface area (Å²) in [4.78, 5) is 25.2. The van der Waals surface area contributed by atoms with Crippen LogP contribution < -0.4 is 20.2 Å². The van der Waals surface area contributed by atoms with E-state index in [0.717, 1.165) is 3.57 Å². The monoisotopic (exact) mass is 569 g/mol. The second kappa shape index (κ2) is 12.4. The lowest BCUT2D eigenvalue weighted by atomic mass is 10.0. The zero-order valence-corrected chi connectivity index (χ0v) is 20.9. The Morgan fingerprint density at radius 2 is 2.00 bits per heavy atom. The number of nitrogens with zero attached hydrogens (tertiary/aromatic N) is 1. The zero-order chi connectivity index (χ0) is 23.7. The van der Waals surface area contributed by atoms with Gasteiger partial charge >= 0.3 is 0 Å². The fraction of sp³-hybridized carbons (Fsp3) is 0.261. The predicted molar refractivity (Wildman–Crippen MR) is 135 cm³/mol. The average molecular weight is 570 g/mol. The lowest BCUT2D eigenvalue weighted by molar-refractivity contribution is -0.123. The number of methoxy groups -OCH3 is 1. The number of rotatable bonds is 10. The molecule has 0 aliphatic heterocycles. The minimum atomic E-state index is -0.791. The third kappa shape index (κ3) is 6.96. The van der Waals surface area contributed by atoms with Gasteiger partial charge in [-0.1, -0.05) is 50.2 Å². The SMILES string of the molecule is C=CCOc1c(I)cc(C=NNC(=O)C(NC(=O)c2ccccc2Cl)C(C)C)cc1OC. The van der Waals surface area contributed by atoms with Crippen molar-refractivity contribution in [1.82, 2.24) is 10.7 Å². The third-order valence-corrected chi connectivity index (χ3v) is 5.47. The van der Waals surface area contributed by atoms with Gasteiger partial charge in [-0.15, -0.1) is 0 Å². The number of hydrogen-bond donors (Lipinski definition) is 2. The van der Waals surface area contributed by atoms with E-state index in [1.54, 1.807) is 43.5 Å². The molecule has 0 aliphatic carbocycles. The number of halogens is 2. The first-order chi connectivity index (χ1) is 15.3. The van der Waals surface area contributed by atoms with Crippen molar-refractivity contribution in [2.75, 3.05) is 13.7 Å². The largest absolute Gasteiger partial charge is 0.493 e. The fourth-order valence-corrected chi connectivity index (χ4v) is 3.74. The Bertz CT molecular complexity index is 1010. The van der Waals surface area contributed by atoms with Gasteiger partial charge in [0.15, 0.2) is 11.5 Å². The van der Waals surface area contributed by atoms with Crippen LogP contribution in [0.3, 0.4) is 0 Å². The summed E-state index contributed by atoms with van der Waals surface area (Å²) >= 11 is 8.21. The van der Waals surface area contributed by atoms with Gasteiger partial charge in [-0.05, 0) is 58.3 Å². The van der Waals surface area contributed by atoms with Crippen molar-refractivity contribution in [3.8, 4) is 11.5 Å². The topological polar surface area (TPSA) is 89.0 Å². The first-order valence-electron chi connectivity index (χ1n) is 9.78. The molecule has 0 fully saturated rings. The van der Waals surface area contributed by atoms with E-state index in [1.807, 2.05) is 19.9 Å². The van der Waals surface area contributed by atoms with E-state index in [9.17, 15) is 9.59 Å². The maximum Gasteiger partial charge on any atom is 0.262 e. The van der Waals surface area contributed by atoms with Crippen molar-refractivity contribution in [1.29, 1.82) is 0 Å². The van der Waals surface area contributed by atoms with E-state index in [-0.39, 0.29) is 5.92 Å². The molecule has 0 radical (unpaired) electrons. The number of benzene rings is 2. The Balaban J connectivity index is 2.10. The van der Waals surface area contributed by atoms with E-state index >= 15 is 0 Å². The molecule has 0 saturated carbocycles. The number of carbonyl (C=O) groups excluding carboxylic acids is 2. The minimum absolute atomic E-state index is 0.168. The summed E-state index contributed by atoms with van der Waals surface area (Å²) < 4.78 is 11.8. The maximum atomic E-state index is 12.7. The second-order valence-corrected chi connectivity index (χ2v) is 8.61. The van der Waals surface area contributed by atoms with Crippen LogP contribution in [0, 0.1) is 9.49 Å². The van der Waals surface area contributed by atoms with Gasteiger partial charge < -0.3 is 14.8 Å². The molecule has 0 bridgehead atoms. The van der Waals surface area contributed by atoms with Crippen molar-refractivity contribution < 1.29 is 19.1 Å². The van der Waals surface area contributed by atoms with Crippen LogP contribution in [-0.4, -0.2) is 37.8 Å². The normalized spacial score (nSPS) is 11.8. The molecular formula is C23H25ClIN3O4. The second-order valence-electron chi connectivity index (χ2n) is 7.04. The summed E-state index contributed by atoms with van der Waals surface area (Å²) in [5.74, 6) is 0.112. The van der Waals surface area contributed by atoms with Crippen molar-refractivity contribution in [2.24, 2.45) is 11.0 Å². The van der Waals surface area contributed by atoms with Gasteiger partial charge in [-0.2, -0.15) is 5.10 Å². The molecule has 170 valence electrons. The van der Waals surface area contributed by atoms with Crippen LogP contribution in [-0.2, 0) is 4.79 Å². The van der Waals surface area contributed by atoms with Crippen molar-refractivity contribution in [2.45, 2.75) is 19.9 Å². The Labute approximate surface area is 206 Å². The fourth-order valence-electron chi connectivity index (χ4n) is 2.74. The van der Waals surface area contributed by atoms with Crippen molar-refractivity contribution >= 4 is 52.2 Å².